The van der Waals surface area contributed by atoms with Gasteiger partial charge in [-0.3, -0.25) is 4.79 Å². The van der Waals surface area contributed by atoms with Crippen molar-refractivity contribution in [3.8, 4) is 11.5 Å². The molecule has 0 aromatic heterocycles. The predicted molar refractivity (Wildman–Crippen MR) is 76.4 cm³/mol. The van der Waals surface area contributed by atoms with Crippen LogP contribution in [0, 0.1) is 12.7 Å². The summed E-state index contributed by atoms with van der Waals surface area (Å²) in [7, 11) is 0. The summed E-state index contributed by atoms with van der Waals surface area (Å²) >= 11 is 0. The van der Waals surface area contributed by atoms with E-state index in [1.807, 2.05) is 0 Å². The van der Waals surface area contributed by atoms with Gasteiger partial charge in [-0.15, -0.1) is 0 Å². The quantitative estimate of drug-likeness (QED) is 0.681. The minimum absolute atomic E-state index is 0.0378. The number of benzene rings is 2. The number of carbonyl (C=O) groups is 1. The molecule has 0 saturated heterocycles. The minimum atomic E-state index is -0.552. The highest BCUT2D eigenvalue weighted by atomic mass is 19.1. The number of halogens is 1. The number of anilines is 1. The molecular weight excluding hydrogens is 273 g/mol. The van der Waals surface area contributed by atoms with Gasteiger partial charge in [-0.2, -0.15) is 0 Å². The van der Waals surface area contributed by atoms with Gasteiger partial charge in [0.1, 0.15) is 19.0 Å². The van der Waals surface area contributed by atoms with Crippen molar-refractivity contribution >= 4 is 11.5 Å². The van der Waals surface area contributed by atoms with E-state index in [1.54, 1.807) is 25.1 Å². The summed E-state index contributed by atoms with van der Waals surface area (Å²) in [6.45, 7) is 2.48. The fraction of sp³-hybridized carbons (Fsp3) is 0.188. The predicted octanol–water partition coefficient (Wildman–Crippen LogP) is 2.72. The lowest BCUT2D eigenvalue weighted by Crippen LogP contribution is -2.16. The van der Waals surface area contributed by atoms with Crippen molar-refractivity contribution in [2.45, 2.75) is 6.92 Å². The first-order chi connectivity index (χ1) is 10.1. The number of nitrogens with two attached hydrogens (primary N) is 1. The number of ketones is 1. The highest BCUT2D eigenvalue weighted by Gasteiger charge is 2.19. The number of carbonyl (C=O) groups excluding carboxylic acids is 1. The molecule has 0 radical (unpaired) electrons. The van der Waals surface area contributed by atoms with Crippen LogP contribution in [-0.4, -0.2) is 19.0 Å². The van der Waals surface area contributed by atoms with Crippen LogP contribution in [0.15, 0.2) is 30.3 Å². The molecule has 0 atom stereocenters. The lowest BCUT2D eigenvalue weighted by Gasteiger charge is -2.18. The van der Waals surface area contributed by atoms with Crippen molar-refractivity contribution in [1.82, 2.24) is 0 Å². The van der Waals surface area contributed by atoms with Crippen LogP contribution < -0.4 is 15.2 Å². The minimum Gasteiger partial charge on any atom is -0.486 e. The second kappa shape index (κ2) is 5.09. The summed E-state index contributed by atoms with van der Waals surface area (Å²) in [5.74, 6) is 0.0964. The Kier molecular flexibility index (Phi) is 3.25. The first-order valence-corrected chi connectivity index (χ1v) is 6.56. The first-order valence-electron chi connectivity index (χ1n) is 6.56. The van der Waals surface area contributed by atoms with E-state index < -0.39 is 11.6 Å². The number of nitrogen functional groups attached to an aromatic ring is 1. The van der Waals surface area contributed by atoms with Gasteiger partial charge in [-0.25, -0.2) is 4.39 Å². The van der Waals surface area contributed by atoms with E-state index >= 15 is 0 Å². The number of hydrogen-bond donors (Lipinski definition) is 1. The lowest BCUT2D eigenvalue weighted by molar-refractivity contribution is 0.103. The molecule has 2 aromatic rings. The van der Waals surface area contributed by atoms with E-state index in [0.29, 0.717) is 41.5 Å². The highest BCUT2D eigenvalue weighted by Crippen LogP contribution is 2.32. The topological polar surface area (TPSA) is 61.6 Å². The van der Waals surface area contributed by atoms with Crippen molar-refractivity contribution in [2.24, 2.45) is 0 Å². The standard InChI is InChI=1S/C16H14FNO3/c1-9-6-11(18)8-12(15(9)17)16(19)10-2-3-13-14(7-10)21-5-4-20-13/h2-3,6-8H,4-5,18H2,1H3. The molecule has 1 heterocycles. The lowest BCUT2D eigenvalue weighted by atomic mass is 9.99. The van der Waals surface area contributed by atoms with Crippen LogP contribution in [-0.2, 0) is 0 Å². The van der Waals surface area contributed by atoms with Crippen LogP contribution in [0.1, 0.15) is 21.5 Å². The van der Waals surface area contributed by atoms with Crippen LogP contribution in [0.3, 0.4) is 0 Å². The van der Waals surface area contributed by atoms with E-state index in [0.717, 1.165) is 0 Å². The summed E-state index contributed by atoms with van der Waals surface area (Å²) in [6.07, 6.45) is 0. The number of hydrogen-bond acceptors (Lipinski definition) is 4. The molecule has 0 amide bonds. The Hall–Kier alpha value is -2.56. The van der Waals surface area contributed by atoms with E-state index in [2.05, 4.69) is 0 Å². The highest BCUT2D eigenvalue weighted by molar-refractivity contribution is 6.10. The largest absolute Gasteiger partial charge is 0.486 e. The zero-order chi connectivity index (χ0) is 15.0. The van der Waals surface area contributed by atoms with Crippen molar-refractivity contribution in [3.05, 3.63) is 52.8 Å². The van der Waals surface area contributed by atoms with Crippen LogP contribution in [0.25, 0.3) is 0 Å². The Morgan fingerprint density at radius 2 is 1.86 bits per heavy atom. The molecule has 0 spiro atoms. The van der Waals surface area contributed by atoms with Gasteiger partial charge in [0.15, 0.2) is 17.3 Å². The van der Waals surface area contributed by atoms with Gasteiger partial charge in [0.2, 0.25) is 0 Å². The zero-order valence-electron chi connectivity index (χ0n) is 11.5. The molecule has 1 aliphatic rings. The fourth-order valence-electron chi connectivity index (χ4n) is 2.30. The van der Waals surface area contributed by atoms with Crippen LogP contribution in [0.5, 0.6) is 11.5 Å². The van der Waals surface area contributed by atoms with Crippen molar-refractivity contribution in [3.63, 3.8) is 0 Å². The molecule has 108 valence electrons. The van der Waals surface area contributed by atoms with Gasteiger partial charge >= 0.3 is 0 Å². The summed E-state index contributed by atoms with van der Waals surface area (Å²) in [5.41, 5.74) is 6.69. The Labute approximate surface area is 121 Å². The van der Waals surface area contributed by atoms with Gasteiger partial charge in [0.25, 0.3) is 0 Å². The molecule has 0 aliphatic carbocycles. The molecule has 5 heteroatoms. The maximum absolute atomic E-state index is 14.1. The number of ether oxygens (including phenoxy) is 2. The van der Waals surface area contributed by atoms with Gasteiger partial charge in [-0.1, -0.05) is 0 Å². The number of fused-ring (bicyclic) bond motifs is 1. The van der Waals surface area contributed by atoms with E-state index in [-0.39, 0.29) is 5.56 Å². The van der Waals surface area contributed by atoms with Gasteiger partial charge in [-0.05, 0) is 42.8 Å². The molecule has 0 saturated carbocycles. The van der Waals surface area contributed by atoms with Crippen molar-refractivity contribution in [2.75, 3.05) is 18.9 Å². The van der Waals surface area contributed by atoms with Gasteiger partial charge in [0, 0.05) is 11.3 Å². The van der Waals surface area contributed by atoms with Crippen LogP contribution >= 0.6 is 0 Å². The Balaban J connectivity index is 2.03. The average Bonchev–Trinajstić information content (AvgIpc) is 2.49. The maximum atomic E-state index is 14.1. The Morgan fingerprint density at radius 1 is 1.14 bits per heavy atom. The zero-order valence-corrected chi connectivity index (χ0v) is 11.5. The van der Waals surface area contributed by atoms with Crippen molar-refractivity contribution in [1.29, 1.82) is 0 Å². The molecule has 0 unspecified atom stereocenters. The molecule has 2 N–H and O–H groups in total. The van der Waals surface area contributed by atoms with Gasteiger partial charge in [0.05, 0.1) is 5.56 Å². The molecule has 0 bridgehead atoms. The Bertz CT molecular complexity index is 728. The second-order valence-electron chi connectivity index (χ2n) is 4.89. The third-order valence-corrected chi connectivity index (χ3v) is 3.33. The summed E-state index contributed by atoms with van der Waals surface area (Å²) < 4.78 is 25.0. The number of aryl methyl sites for hydroxylation is 1. The maximum Gasteiger partial charge on any atom is 0.196 e. The smallest absolute Gasteiger partial charge is 0.196 e. The SMILES string of the molecule is Cc1cc(N)cc(C(=O)c2ccc3c(c2)OCCO3)c1F. The monoisotopic (exact) mass is 287 g/mol. The normalized spacial score (nSPS) is 13.0. The summed E-state index contributed by atoms with van der Waals surface area (Å²) in [6, 6.07) is 7.65. The molecule has 4 nitrogen and oxygen atoms in total. The Morgan fingerprint density at radius 3 is 2.62 bits per heavy atom. The second-order valence-corrected chi connectivity index (χ2v) is 4.89. The van der Waals surface area contributed by atoms with Crippen molar-refractivity contribution < 1.29 is 18.7 Å². The molecule has 1 aliphatic heterocycles. The fourth-order valence-corrected chi connectivity index (χ4v) is 2.30. The third kappa shape index (κ3) is 2.42. The first kappa shape index (κ1) is 13.4. The average molecular weight is 287 g/mol. The third-order valence-electron chi connectivity index (χ3n) is 3.33. The van der Waals surface area contributed by atoms with Gasteiger partial charge < -0.3 is 15.2 Å². The van der Waals surface area contributed by atoms with Crippen LogP contribution in [0.2, 0.25) is 0 Å². The van der Waals surface area contributed by atoms with E-state index in [9.17, 15) is 9.18 Å². The summed E-state index contributed by atoms with van der Waals surface area (Å²) in [4.78, 5) is 12.5. The molecule has 21 heavy (non-hydrogen) atoms. The summed E-state index contributed by atoms with van der Waals surface area (Å²) in [5, 5.41) is 0. The number of rotatable bonds is 2. The molecular formula is C16H14FNO3. The van der Waals surface area contributed by atoms with E-state index in [1.165, 1.54) is 12.1 Å². The van der Waals surface area contributed by atoms with Crippen LogP contribution in [0.4, 0.5) is 10.1 Å². The molecule has 3 rings (SSSR count). The van der Waals surface area contributed by atoms with E-state index in [4.69, 9.17) is 15.2 Å². The molecule has 0 fully saturated rings. The molecule has 2 aromatic carbocycles.